The molecule has 0 saturated carbocycles. The second-order valence-electron chi connectivity index (χ2n) is 5.24. The van der Waals surface area contributed by atoms with Gasteiger partial charge in [-0.2, -0.15) is 0 Å². The van der Waals surface area contributed by atoms with E-state index in [1.54, 1.807) is 25.3 Å². The first-order valence-corrected chi connectivity index (χ1v) is 6.95. The molecule has 0 amide bonds. The first kappa shape index (κ1) is 15.4. The molecule has 1 N–H and O–H groups in total. The van der Waals surface area contributed by atoms with Crippen molar-refractivity contribution in [1.29, 1.82) is 0 Å². The van der Waals surface area contributed by atoms with Crippen LogP contribution in [0.15, 0.2) is 24.4 Å². The van der Waals surface area contributed by atoms with Crippen LogP contribution in [0.2, 0.25) is 0 Å². The molecule has 0 aliphatic heterocycles. The van der Waals surface area contributed by atoms with Gasteiger partial charge in [0, 0.05) is 18.5 Å². The topological polar surface area (TPSA) is 47.0 Å². The molecule has 2 rings (SSSR count). The Labute approximate surface area is 124 Å². The summed E-state index contributed by atoms with van der Waals surface area (Å²) in [6.07, 6.45) is 1.65. The lowest BCUT2D eigenvalue weighted by Crippen LogP contribution is -2.11. The summed E-state index contributed by atoms with van der Waals surface area (Å²) >= 11 is 0. The van der Waals surface area contributed by atoms with E-state index in [1.807, 2.05) is 20.9 Å². The van der Waals surface area contributed by atoms with Crippen LogP contribution in [0.4, 0.5) is 4.39 Å². The van der Waals surface area contributed by atoms with E-state index in [4.69, 9.17) is 4.74 Å². The molecular formula is C16H20FN3O. The molecule has 0 saturated heterocycles. The van der Waals surface area contributed by atoms with Crippen LogP contribution >= 0.6 is 0 Å². The minimum atomic E-state index is -0.289. The molecule has 1 aromatic heterocycles. The summed E-state index contributed by atoms with van der Waals surface area (Å²) < 4.78 is 19.3. The summed E-state index contributed by atoms with van der Waals surface area (Å²) in [5.41, 5.74) is 1.35. The normalized spacial score (nSPS) is 11.0. The summed E-state index contributed by atoms with van der Waals surface area (Å²) in [6, 6.07) is 4.79. The Hall–Kier alpha value is -2.01. The predicted octanol–water partition coefficient (Wildman–Crippen LogP) is 3.56. The Kier molecular flexibility index (Phi) is 4.85. The highest BCUT2D eigenvalue weighted by Crippen LogP contribution is 2.26. The third-order valence-corrected chi connectivity index (χ3v) is 3.08. The van der Waals surface area contributed by atoms with Crippen molar-refractivity contribution >= 4 is 0 Å². The maximum atomic E-state index is 13.6. The van der Waals surface area contributed by atoms with Gasteiger partial charge >= 0.3 is 0 Å². The molecule has 0 aliphatic rings. The number of aromatic nitrogens is 2. The standard InChI is InChI=1S/C16H20FN3O/c1-10(2)16-19-9-15(14(20-16)8-18-4)21-12-6-5-11(3)13(17)7-12/h5-7,9-10,18H,8H2,1-4H3. The van der Waals surface area contributed by atoms with Crippen LogP contribution in [0, 0.1) is 12.7 Å². The maximum Gasteiger partial charge on any atom is 0.168 e. The summed E-state index contributed by atoms with van der Waals surface area (Å²) in [7, 11) is 1.84. The number of aryl methyl sites for hydroxylation is 1. The predicted molar refractivity (Wildman–Crippen MR) is 80.1 cm³/mol. The van der Waals surface area contributed by atoms with E-state index >= 15 is 0 Å². The molecule has 0 bridgehead atoms. The van der Waals surface area contributed by atoms with Gasteiger partial charge in [0.15, 0.2) is 5.75 Å². The van der Waals surface area contributed by atoms with Gasteiger partial charge in [0.05, 0.1) is 6.20 Å². The average Bonchev–Trinajstić information content (AvgIpc) is 2.45. The van der Waals surface area contributed by atoms with Gasteiger partial charge in [-0.1, -0.05) is 19.9 Å². The van der Waals surface area contributed by atoms with Gasteiger partial charge in [-0.15, -0.1) is 0 Å². The molecular weight excluding hydrogens is 269 g/mol. The van der Waals surface area contributed by atoms with Crippen molar-refractivity contribution in [3.8, 4) is 11.5 Å². The lowest BCUT2D eigenvalue weighted by atomic mass is 10.2. The molecule has 0 spiro atoms. The highest BCUT2D eigenvalue weighted by Gasteiger charge is 2.12. The van der Waals surface area contributed by atoms with Crippen LogP contribution in [-0.4, -0.2) is 17.0 Å². The van der Waals surface area contributed by atoms with Crippen molar-refractivity contribution in [2.24, 2.45) is 0 Å². The fraction of sp³-hybridized carbons (Fsp3) is 0.375. The number of ether oxygens (including phenoxy) is 1. The molecule has 1 heterocycles. The average molecular weight is 289 g/mol. The summed E-state index contributed by atoms with van der Waals surface area (Å²) in [4.78, 5) is 8.81. The second-order valence-corrected chi connectivity index (χ2v) is 5.24. The molecule has 0 unspecified atom stereocenters. The number of halogens is 1. The van der Waals surface area contributed by atoms with Gasteiger partial charge in [-0.25, -0.2) is 14.4 Å². The van der Waals surface area contributed by atoms with E-state index in [1.165, 1.54) is 6.07 Å². The lowest BCUT2D eigenvalue weighted by molar-refractivity contribution is 0.459. The summed E-state index contributed by atoms with van der Waals surface area (Å²) in [5.74, 6) is 1.70. The van der Waals surface area contributed by atoms with E-state index < -0.39 is 0 Å². The zero-order valence-corrected chi connectivity index (χ0v) is 12.8. The Balaban J connectivity index is 2.31. The summed E-state index contributed by atoms with van der Waals surface area (Å²) in [5, 5.41) is 3.05. The molecule has 4 nitrogen and oxygen atoms in total. The van der Waals surface area contributed by atoms with Gasteiger partial charge in [-0.05, 0) is 25.6 Å². The number of nitrogens with one attached hydrogen (secondary N) is 1. The van der Waals surface area contributed by atoms with E-state index in [0.717, 1.165) is 11.5 Å². The number of hydrogen-bond acceptors (Lipinski definition) is 4. The summed E-state index contributed by atoms with van der Waals surface area (Å²) in [6.45, 7) is 6.35. The van der Waals surface area contributed by atoms with Crippen LogP contribution < -0.4 is 10.1 Å². The number of nitrogens with zero attached hydrogens (tertiary/aromatic N) is 2. The zero-order chi connectivity index (χ0) is 15.4. The third kappa shape index (κ3) is 3.76. The van der Waals surface area contributed by atoms with Gasteiger partial charge in [0.1, 0.15) is 23.1 Å². The quantitative estimate of drug-likeness (QED) is 0.914. The highest BCUT2D eigenvalue weighted by molar-refractivity contribution is 5.35. The minimum absolute atomic E-state index is 0.242. The highest BCUT2D eigenvalue weighted by atomic mass is 19.1. The molecule has 1 aromatic carbocycles. The van der Waals surface area contributed by atoms with Crippen molar-refractivity contribution in [3.63, 3.8) is 0 Å². The maximum absolute atomic E-state index is 13.6. The van der Waals surface area contributed by atoms with Gasteiger partial charge in [-0.3, -0.25) is 0 Å². The Bertz CT molecular complexity index is 629. The number of hydrogen-bond donors (Lipinski definition) is 1. The second kappa shape index (κ2) is 6.63. The molecule has 21 heavy (non-hydrogen) atoms. The first-order valence-electron chi connectivity index (χ1n) is 6.95. The molecule has 0 atom stereocenters. The largest absolute Gasteiger partial charge is 0.454 e. The van der Waals surface area contributed by atoms with Crippen molar-refractivity contribution < 1.29 is 9.13 Å². The number of rotatable bonds is 5. The van der Waals surface area contributed by atoms with Crippen molar-refractivity contribution in [1.82, 2.24) is 15.3 Å². The van der Waals surface area contributed by atoms with E-state index in [-0.39, 0.29) is 11.7 Å². The third-order valence-electron chi connectivity index (χ3n) is 3.08. The molecule has 2 aromatic rings. The lowest BCUT2D eigenvalue weighted by Gasteiger charge is -2.13. The molecule has 0 aliphatic carbocycles. The SMILES string of the molecule is CNCc1nc(C(C)C)ncc1Oc1ccc(C)c(F)c1. The van der Waals surface area contributed by atoms with Crippen molar-refractivity contribution in [3.05, 3.63) is 47.3 Å². The van der Waals surface area contributed by atoms with Crippen LogP contribution in [0.5, 0.6) is 11.5 Å². The van der Waals surface area contributed by atoms with Crippen LogP contribution in [0.25, 0.3) is 0 Å². The fourth-order valence-electron chi connectivity index (χ4n) is 1.84. The Morgan fingerprint density at radius 3 is 2.71 bits per heavy atom. The monoisotopic (exact) mass is 289 g/mol. The van der Waals surface area contributed by atoms with E-state index in [0.29, 0.717) is 23.6 Å². The molecule has 0 radical (unpaired) electrons. The van der Waals surface area contributed by atoms with Crippen LogP contribution in [0.3, 0.4) is 0 Å². The number of benzene rings is 1. The smallest absolute Gasteiger partial charge is 0.168 e. The van der Waals surface area contributed by atoms with Crippen LogP contribution in [0.1, 0.15) is 36.8 Å². The van der Waals surface area contributed by atoms with Gasteiger partial charge in [0.2, 0.25) is 0 Å². The zero-order valence-electron chi connectivity index (χ0n) is 12.8. The Morgan fingerprint density at radius 2 is 2.10 bits per heavy atom. The fourth-order valence-corrected chi connectivity index (χ4v) is 1.84. The first-order chi connectivity index (χ1) is 10.0. The van der Waals surface area contributed by atoms with Gasteiger partial charge in [0.25, 0.3) is 0 Å². The van der Waals surface area contributed by atoms with Gasteiger partial charge < -0.3 is 10.1 Å². The van der Waals surface area contributed by atoms with Crippen molar-refractivity contribution in [2.45, 2.75) is 33.2 Å². The minimum Gasteiger partial charge on any atom is -0.454 e. The molecule has 5 heteroatoms. The van der Waals surface area contributed by atoms with E-state index in [2.05, 4.69) is 15.3 Å². The van der Waals surface area contributed by atoms with Crippen LogP contribution in [-0.2, 0) is 6.54 Å². The van der Waals surface area contributed by atoms with Crippen molar-refractivity contribution in [2.75, 3.05) is 7.05 Å². The molecule has 0 fully saturated rings. The molecule has 112 valence electrons. The van der Waals surface area contributed by atoms with E-state index in [9.17, 15) is 4.39 Å². The Morgan fingerprint density at radius 1 is 1.33 bits per heavy atom.